The number of hydrogen-bond acceptors (Lipinski definition) is 8. The molecule has 1 aromatic heterocycles. The Morgan fingerprint density at radius 1 is 0.868 bits per heavy atom. The number of aromatic nitrogens is 2. The van der Waals surface area contributed by atoms with Crippen LogP contribution in [0.15, 0.2) is 72.8 Å². The zero-order valence-electron chi connectivity index (χ0n) is 21.8. The molecule has 0 aliphatic heterocycles. The summed E-state index contributed by atoms with van der Waals surface area (Å²) < 4.78 is 20.6. The van der Waals surface area contributed by atoms with E-state index in [0.29, 0.717) is 48.4 Å². The Hall–Kier alpha value is -4.11. The lowest BCUT2D eigenvalue weighted by atomic mass is 10.1. The Balaban J connectivity index is 1.40. The van der Waals surface area contributed by atoms with Crippen molar-refractivity contribution in [1.82, 2.24) is 14.7 Å². The number of rotatable bonds is 13. The zero-order chi connectivity index (χ0) is 26.7. The SMILES string of the molecule is COc1cccc(Cc2nsc(N(CC(=O)NCCc3ccc(OC)c(OC)c3)Cc3ccccc3)n2)c1. The van der Waals surface area contributed by atoms with E-state index in [4.69, 9.17) is 19.2 Å². The fraction of sp³-hybridized carbons (Fsp3) is 0.276. The van der Waals surface area contributed by atoms with E-state index in [-0.39, 0.29) is 12.5 Å². The summed E-state index contributed by atoms with van der Waals surface area (Å²) >= 11 is 1.30. The third-order valence-corrected chi connectivity index (χ3v) is 6.77. The second kappa shape index (κ2) is 13.4. The summed E-state index contributed by atoms with van der Waals surface area (Å²) in [4.78, 5) is 19.7. The molecule has 0 aliphatic carbocycles. The van der Waals surface area contributed by atoms with Crippen LogP contribution in [0.5, 0.6) is 17.2 Å². The number of hydrogen-bond donors (Lipinski definition) is 1. The van der Waals surface area contributed by atoms with Gasteiger partial charge in [0.15, 0.2) is 11.5 Å². The topological polar surface area (TPSA) is 85.8 Å². The van der Waals surface area contributed by atoms with E-state index in [2.05, 4.69) is 9.69 Å². The van der Waals surface area contributed by atoms with Gasteiger partial charge in [-0.15, -0.1) is 0 Å². The normalized spacial score (nSPS) is 10.6. The predicted molar refractivity (Wildman–Crippen MR) is 149 cm³/mol. The van der Waals surface area contributed by atoms with Gasteiger partial charge in [0.2, 0.25) is 11.0 Å². The van der Waals surface area contributed by atoms with Crippen molar-refractivity contribution in [2.45, 2.75) is 19.4 Å². The third-order valence-electron chi connectivity index (χ3n) is 5.96. The van der Waals surface area contributed by atoms with Crippen molar-refractivity contribution in [3.05, 3.63) is 95.3 Å². The van der Waals surface area contributed by atoms with Crippen LogP contribution in [0, 0.1) is 0 Å². The largest absolute Gasteiger partial charge is 0.497 e. The maximum Gasteiger partial charge on any atom is 0.239 e. The summed E-state index contributed by atoms with van der Waals surface area (Å²) in [7, 11) is 4.87. The van der Waals surface area contributed by atoms with Crippen LogP contribution in [-0.2, 0) is 24.2 Å². The van der Waals surface area contributed by atoms with Crippen LogP contribution in [0.3, 0.4) is 0 Å². The number of amides is 1. The molecule has 0 bridgehead atoms. The molecular weight excluding hydrogens is 500 g/mol. The van der Waals surface area contributed by atoms with E-state index < -0.39 is 0 Å². The zero-order valence-corrected chi connectivity index (χ0v) is 22.7. The molecule has 1 N–H and O–H groups in total. The number of methoxy groups -OCH3 is 3. The van der Waals surface area contributed by atoms with Crippen LogP contribution in [0.1, 0.15) is 22.5 Å². The molecule has 0 radical (unpaired) electrons. The molecule has 0 atom stereocenters. The van der Waals surface area contributed by atoms with E-state index in [1.165, 1.54) is 11.5 Å². The molecule has 0 fully saturated rings. The van der Waals surface area contributed by atoms with Gasteiger partial charge < -0.3 is 24.4 Å². The van der Waals surface area contributed by atoms with Gasteiger partial charge in [-0.05, 0) is 47.4 Å². The predicted octanol–water partition coefficient (Wildman–Crippen LogP) is 4.52. The maximum atomic E-state index is 12.9. The first-order valence-corrected chi connectivity index (χ1v) is 13.1. The molecular formula is C29H32N4O4S. The van der Waals surface area contributed by atoms with Gasteiger partial charge >= 0.3 is 0 Å². The van der Waals surface area contributed by atoms with Gasteiger partial charge in [-0.2, -0.15) is 4.37 Å². The van der Waals surface area contributed by atoms with Gasteiger partial charge in [0.05, 0.1) is 27.9 Å². The van der Waals surface area contributed by atoms with Gasteiger partial charge in [0, 0.05) is 31.0 Å². The summed E-state index contributed by atoms with van der Waals surface area (Å²) in [5.41, 5.74) is 3.21. The fourth-order valence-electron chi connectivity index (χ4n) is 4.02. The van der Waals surface area contributed by atoms with E-state index in [0.717, 1.165) is 22.4 Å². The number of anilines is 1. The van der Waals surface area contributed by atoms with Crippen molar-refractivity contribution in [1.29, 1.82) is 0 Å². The Kier molecular flexibility index (Phi) is 9.53. The van der Waals surface area contributed by atoms with Gasteiger partial charge in [-0.3, -0.25) is 4.79 Å². The molecule has 4 rings (SSSR count). The average molecular weight is 533 g/mol. The lowest BCUT2D eigenvalue weighted by Crippen LogP contribution is -2.37. The van der Waals surface area contributed by atoms with Crippen molar-refractivity contribution in [2.24, 2.45) is 0 Å². The van der Waals surface area contributed by atoms with Crippen LogP contribution in [0.2, 0.25) is 0 Å². The number of carbonyl (C=O) groups excluding carboxylic acids is 1. The second-order valence-electron chi connectivity index (χ2n) is 8.65. The van der Waals surface area contributed by atoms with E-state index in [1.807, 2.05) is 77.7 Å². The second-order valence-corrected chi connectivity index (χ2v) is 9.38. The molecule has 0 aliphatic rings. The van der Waals surface area contributed by atoms with Crippen LogP contribution in [-0.4, -0.2) is 49.7 Å². The van der Waals surface area contributed by atoms with Gasteiger partial charge in [-0.1, -0.05) is 48.5 Å². The van der Waals surface area contributed by atoms with Crippen LogP contribution in [0.25, 0.3) is 0 Å². The number of nitrogens with one attached hydrogen (secondary N) is 1. The molecule has 9 heteroatoms. The van der Waals surface area contributed by atoms with Gasteiger partial charge in [0.25, 0.3) is 0 Å². The molecule has 0 unspecified atom stereocenters. The summed E-state index contributed by atoms with van der Waals surface area (Å²) in [5, 5.41) is 3.74. The molecule has 0 spiro atoms. The smallest absolute Gasteiger partial charge is 0.239 e. The van der Waals surface area contributed by atoms with Crippen molar-refractivity contribution in [2.75, 3.05) is 39.3 Å². The molecule has 198 valence electrons. The minimum Gasteiger partial charge on any atom is -0.497 e. The highest BCUT2D eigenvalue weighted by atomic mass is 32.1. The fourth-order valence-corrected chi connectivity index (χ4v) is 4.70. The van der Waals surface area contributed by atoms with Crippen LogP contribution >= 0.6 is 11.5 Å². The first-order valence-electron chi connectivity index (χ1n) is 12.3. The highest BCUT2D eigenvalue weighted by Crippen LogP contribution is 2.27. The third kappa shape index (κ3) is 7.45. The standard InChI is InChI=1S/C29H32N4O4S/c1-35-24-11-7-10-23(16-24)18-27-31-29(38-32-27)33(19-22-8-5-4-6-9-22)20-28(34)30-15-14-21-12-13-25(36-2)26(17-21)37-3/h4-13,16-17H,14-15,18-20H2,1-3H3,(H,30,34). The molecule has 38 heavy (non-hydrogen) atoms. The summed E-state index contributed by atoms with van der Waals surface area (Å²) in [6.07, 6.45) is 1.26. The van der Waals surface area contributed by atoms with Gasteiger partial charge in [0.1, 0.15) is 11.6 Å². The van der Waals surface area contributed by atoms with E-state index in [9.17, 15) is 4.79 Å². The number of ether oxygens (including phenoxy) is 3. The summed E-state index contributed by atoms with van der Waals surface area (Å²) in [6, 6.07) is 23.7. The van der Waals surface area contributed by atoms with E-state index in [1.54, 1.807) is 21.3 Å². The number of carbonyl (C=O) groups is 1. The number of nitrogens with zero attached hydrogens (tertiary/aromatic N) is 3. The summed E-state index contributed by atoms with van der Waals surface area (Å²) in [6.45, 7) is 1.23. The monoisotopic (exact) mass is 532 g/mol. The van der Waals surface area contributed by atoms with E-state index >= 15 is 0 Å². The van der Waals surface area contributed by atoms with Crippen molar-refractivity contribution in [3.63, 3.8) is 0 Å². The molecule has 1 amide bonds. The minimum absolute atomic E-state index is 0.0778. The lowest BCUT2D eigenvalue weighted by Gasteiger charge is -2.21. The average Bonchev–Trinajstić information content (AvgIpc) is 3.41. The molecule has 0 saturated carbocycles. The molecule has 1 heterocycles. The highest BCUT2D eigenvalue weighted by molar-refractivity contribution is 7.09. The Labute approximate surface area is 227 Å². The summed E-state index contributed by atoms with van der Waals surface area (Å²) in [5.74, 6) is 2.79. The van der Waals surface area contributed by atoms with Crippen molar-refractivity contribution >= 4 is 22.6 Å². The Morgan fingerprint density at radius 3 is 2.42 bits per heavy atom. The molecule has 8 nitrogen and oxygen atoms in total. The molecule has 0 saturated heterocycles. The Bertz CT molecular complexity index is 1330. The molecule has 4 aromatic rings. The number of benzene rings is 3. The lowest BCUT2D eigenvalue weighted by molar-refractivity contribution is -0.119. The van der Waals surface area contributed by atoms with Crippen LogP contribution < -0.4 is 24.4 Å². The van der Waals surface area contributed by atoms with Crippen molar-refractivity contribution in [3.8, 4) is 17.2 Å². The van der Waals surface area contributed by atoms with Crippen LogP contribution in [0.4, 0.5) is 5.13 Å². The first-order chi connectivity index (χ1) is 18.6. The maximum absolute atomic E-state index is 12.9. The first kappa shape index (κ1) is 26.9. The van der Waals surface area contributed by atoms with Crippen molar-refractivity contribution < 1.29 is 19.0 Å². The molecule has 3 aromatic carbocycles. The van der Waals surface area contributed by atoms with Gasteiger partial charge in [-0.25, -0.2) is 4.98 Å². The highest BCUT2D eigenvalue weighted by Gasteiger charge is 2.17. The Morgan fingerprint density at radius 2 is 1.66 bits per heavy atom. The minimum atomic E-state index is -0.0778. The quantitative estimate of drug-likeness (QED) is 0.271.